The zero-order valence-electron chi connectivity index (χ0n) is 28.3. The first-order valence-electron chi connectivity index (χ1n) is 18.3. The van der Waals surface area contributed by atoms with Crippen molar-refractivity contribution < 1.29 is 29.7 Å². The van der Waals surface area contributed by atoms with Gasteiger partial charge in [0.1, 0.15) is 0 Å². The number of rotatable bonds is 10. The van der Waals surface area contributed by atoms with Gasteiger partial charge >= 0.3 is 37.9 Å². The third kappa shape index (κ3) is 9.01. The van der Waals surface area contributed by atoms with Crippen LogP contribution in [0.4, 0.5) is 0 Å². The number of halogens is 2. The van der Waals surface area contributed by atoms with Crippen LogP contribution in [0.1, 0.15) is 116 Å². The van der Waals surface area contributed by atoms with Gasteiger partial charge in [0.15, 0.2) is 0 Å². The molecule has 0 heterocycles. The summed E-state index contributed by atoms with van der Waals surface area (Å²) in [6.45, 7) is 10.1. The van der Waals surface area contributed by atoms with Gasteiger partial charge in [-0.25, -0.2) is 0 Å². The minimum absolute atomic E-state index is 0.375. The van der Waals surface area contributed by atoms with E-state index in [1.807, 2.05) is 0 Å². The fourth-order valence-electron chi connectivity index (χ4n) is 9.44. The average molecular weight is 770 g/mol. The van der Waals surface area contributed by atoms with Crippen molar-refractivity contribution in [2.45, 2.75) is 165 Å². The first-order chi connectivity index (χ1) is 21.2. The van der Waals surface area contributed by atoms with Crippen LogP contribution in [0, 0.1) is 11.8 Å². The molecule has 6 aliphatic rings. The molecule has 0 N–H and O–H groups in total. The summed E-state index contributed by atoms with van der Waals surface area (Å²) in [5.74, 6) is 4.01. The molecule has 2 atom stereocenters. The molecule has 8 heteroatoms. The van der Waals surface area contributed by atoms with E-state index in [9.17, 15) is 0 Å². The van der Waals surface area contributed by atoms with Crippen LogP contribution in [0.5, 0.6) is 0 Å². The van der Waals surface area contributed by atoms with Gasteiger partial charge in [-0.15, -0.1) is 0 Å². The molecule has 2 unspecified atom stereocenters. The summed E-state index contributed by atoms with van der Waals surface area (Å²) in [6, 6.07) is 2.71. The predicted octanol–water partition coefficient (Wildman–Crippen LogP) is 12.5. The monoisotopic (exact) mass is 767 g/mol. The summed E-state index contributed by atoms with van der Waals surface area (Å²) < 4.78 is 14.5. The Morgan fingerprint density at radius 2 is 0.977 bits per heavy atom. The summed E-state index contributed by atoms with van der Waals surface area (Å²) in [6.07, 6.45) is 30.0. The van der Waals surface area contributed by atoms with E-state index in [1.165, 1.54) is 139 Å². The molecule has 2 fully saturated rings. The maximum absolute atomic E-state index is 7.24. The van der Waals surface area contributed by atoms with E-state index < -0.39 is 37.5 Å². The molecule has 44 heavy (non-hydrogen) atoms. The van der Waals surface area contributed by atoms with E-state index in [1.54, 1.807) is 22.3 Å². The molecular formula is C36H59Cl2O2Si3Zr. The summed E-state index contributed by atoms with van der Waals surface area (Å²) in [7, 11) is 6.77. The van der Waals surface area contributed by atoms with Crippen LogP contribution in [0.2, 0.25) is 49.4 Å². The van der Waals surface area contributed by atoms with Crippen molar-refractivity contribution in [2.75, 3.05) is 0 Å². The summed E-state index contributed by atoms with van der Waals surface area (Å²) in [4.78, 5) is 0. The molecule has 0 aliphatic heterocycles. The number of hydrogen-bond donors (Lipinski definition) is 0. The van der Waals surface area contributed by atoms with Crippen molar-refractivity contribution in [3.05, 3.63) is 46.0 Å². The second-order valence-electron chi connectivity index (χ2n) is 15.6. The van der Waals surface area contributed by atoms with Crippen LogP contribution in [-0.2, 0) is 29.7 Å². The van der Waals surface area contributed by atoms with Gasteiger partial charge in [0.25, 0.3) is 0 Å². The third-order valence-corrected chi connectivity index (χ3v) is 20.2. The van der Waals surface area contributed by atoms with Crippen molar-refractivity contribution in [1.82, 2.24) is 0 Å². The van der Waals surface area contributed by atoms with Crippen molar-refractivity contribution in [3.63, 3.8) is 0 Å². The third-order valence-electron chi connectivity index (χ3n) is 12.0. The quantitative estimate of drug-likeness (QED) is 0.206. The number of allylic oxidation sites excluding steroid dienone is 6. The molecule has 0 amide bonds. The Kier molecular flexibility index (Phi) is 13.8. The van der Waals surface area contributed by atoms with Crippen LogP contribution >= 0.6 is 17.0 Å². The standard InChI is InChI=1S/C36H59O2Si3.2ClH.Zr/c1-40(2,29-17-7-5-8-18-29)37-35-23-27-15-11-13-21-31(27)33(35)25-39-26-34-32-22-14-12-16-28(32)24-36(34)38-41(3,4)30-19-9-6-10-20-30;;;/h23-24,29-30,33-34,39H,5-22,25-26H2,1-4H3;2*1H;/q;;;+2/p-2. The number of hydrogen-bond acceptors (Lipinski definition) is 2. The molecule has 0 spiro atoms. The van der Waals surface area contributed by atoms with E-state index in [2.05, 4.69) is 38.3 Å². The van der Waals surface area contributed by atoms with E-state index in [0.717, 1.165) is 11.1 Å². The molecule has 2 nitrogen and oxygen atoms in total. The maximum atomic E-state index is 7.24. The Balaban J connectivity index is 0.00000123. The molecule has 6 rings (SSSR count). The van der Waals surface area contributed by atoms with Crippen LogP contribution in [0.25, 0.3) is 0 Å². The summed E-state index contributed by atoms with van der Waals surface area (Å²) >= 11 is -0.826. The van der Waals surface area contributed by atoms with Gasteiger partial charge in [-0.1, -0.05) is 49.7 Å². The molecule has 0 aromatic carbocycles. The Labute approximate surface area is 293 Å². The Hall–Kier alpha value is 0.674. The SMILES string of the molecule is C[Si](C)(OC1=CC2=C(CCCC2)C1C[SiH]CC1C(O[Si](C)(C)C2CCCCC2)=CC2=C1CCCC2)C1CCCCC1.[Cl][Zr][Cl]. The minimum atomic E-state index is -1.73. The van der Waals surface area contributed by atoms with Crippen molar-refractivity contribution in [1.29, 1.82) is 0 Å². The van der Waals surface area contributed by atoms with Crippen LogP contribution in [-0.4, -0.2) is 26.2 Å². The van der Waals surface area contributed by atoms with Crippen LogP contribution < -0.4 is 0 Å². The molecule has 6 aliphatic carbocycles. The summed E-state index contributed by atoms with van der Waals surface area (Å²) in [5.41, 5.74) is 8.61. The van der Waals surface area contributed by atoms with Crippen molar-refractivity contribution in [3.8, 4) is 0 Å². The predicted molar refractivity (Wildman–Crippen MR) is 193 cm³/mol. The van der Waals surface area contributed by atoms with Crippen molar-refractivity contribution in [2.24, 2.45) is 11.8 Å². The van der Waals surface area contributed by atoms with E-state index in [0.29, 0.717) is 21.4 Å². The van der Waals surface area contributed by atoms with Gasteiger partial charge in [-0.3, -0.25) is 0 Å². The molecule has 1 radical (unpaired) electrons. The Morgan fingerprint density at radius 1 is 0.614 bits per heavy atom. The second-order valence-corrected chi connectivity index (χ2v) is 29.3. The molecular weight excluding hydrogens is 711 g/mol. The van der Waals surface area contributed by atoms with Gasteiger partial charge in [0, 0.05) is 21.4 Å². The van der Waals surface area contributed by atoms with Crippen LogP contribution in [0.15, 0.2) is 46.0 Å². The van der Waals surface area contributed by atoms with Gasteiger partial charge in [-0.2, -0.15) is 0 Å². The van der Waals surface area contributed by atoms with E-state index in [4.69, 9.17) is 25.9 Å². The first-order valence-corrected chi connectivity index (χ1v) is 32.2. The average Bonchev–Trinajstić information content (AvgIpc) is 3.54. The van der Waals surface area contributed by atoms with Gasteiger partial charge < -0.3 is 8.85 Å². The zero-order valence-corrected chi connectivity index (χ0v) is 35.4. The first kappa shape index (κ1) is 36.0. The second kappa shape index (κ2) is 16.9. The zero-order chi connectivity index (χ0) is 31.2. The van der Waals surface area contributed by atoms with Crippen LogP contribution in [0.3, 0.4) is 0 Å². The van der Waals surface area contributed by atoms with Gasteiger partial charge in [0.05, 0.1) is 11.5 Å². The molecule has 2 saturated carbocycles. The topological polar surface area (TPSA) is 18.5 Å². The molecule has 0 bridgehead atoms. The Bertz CT molecular complexity index is 1020. The van der Waals surface area contributed by atoms with Gasteiger partial charge in [-0.05, 0) is 150 Å². The Morgan fingerprint density at radius 3 is 1.36 bits per heavy atom. The molecule has 0 aromatic heterocycles. The van der Waals surface area contributed by atoms with Gasteiger partial charge in [0.2, 0.25) is 16.6 Å². The van der Waals surface area contributed by atoms with Crippen molar-refractivity contribution >= 4 is 43.2 Å². The van der Waals surface area contributed by atoms with E-state index >= 15 is 0 Å². The normalized spacial score (nSPS) is 26.8. The molecule has 0 saturated heterocycles. The van der Waals surface area contributed by atoms with E-state index in [-0.39, 0.29) is 0 Å². The molecule has 0 aromatic rings. The summed E-state index contributed by atoms with van der Waals surface area (Å²) in [5, 5.41) is 0. The molecule has 245 valence electrons. The fraction of sp³-hybridized carbons (Fsp3) is 0.778. The fourth-order valence-corrected chi connectivity index (χ4v) is 16.9.